The highest BCUT2D eigenvalue weighted by molar-refractivity contribution is 6.09. The Bertz CT molecular complexity index is 904. The van der Waals surface area contributed by atoms with Gasteiger partial charge in [0.05, 0.1) is 0 Å². The number of carbonyl (C=O) groups is 1. The van der Waals surface area contributed by atoms with Crippen molar-refractivity contribution in [1.82, 2.24) is 5.32 Å². The lowest BCUT2D eigenvalue weighted by Crippen LogP contribution is -2.33. The SMILES string of the molecule is NCCNC1CCC2C1=C1CCC2C1.Nc1cccc(C(=O)c2cccc(N)c2)c1. The predicted octanol–water partition coefficient (Wildman–Crippen LogP) is 3.51. The molecular formula is C25H32N4O. The average molecular weight is 405 g/mol. The molecule has 158 valence electrons. The van der Waals surface area contributed by atoms with E-state index in [4.69, 9.17) is 17.2 Å². The summed E-state index contributed by atoms with van der Waals surface area (Å²) in [4.78, 5) is 12.0. The second-order valence-electron chi connectivity index (χ2n) is 8.62. The van der Waals surface area contributed by atoms with Crippen LogP contribution in [0.25, 0.3) is 0 Å². The van der Waals surface area contributed by atoms with Gasteiger partial charge in [-0.25, -0.2) is 0 Å². The number of anilines is 2. The summed E-state index contributed by atoms with van der Waals surface area (Å²) < 4.78 is 0. The van der Waals surface area contributed by atoms with Crippen LogP contribution in [0.2, 0.25) is 0 Å². The third-order valence-corrected chi connectivity index (χ3v) is 6.68. The highest BCUT2D eigenvalue weighted by Gasteiger charge is 2.45. The summed E-state index contributed by atoms with van der Waals surface area (Å²) >= 11 is 0. The van der Waals surface area contributed by atoms with Crippen molar-refractivity contribution in [3.05, 3.63) is 70.8 Å². The zero-order valence-electron chi connectivity index (χ0n) is 17.4. The summed E-state index contributed by atoms with van der Waals surface area (Å²) in [5.41, 5.74) is 22.7. The lowest BCUT2D eigenvalue weighted by Gasteiger charge is -2.21. The quantitative estimate of drug-likeness (QED) is 0.347. The molecular weight excluding hydrogens is 372 g/mol. The highest BCUT2D eigenvalue weighted by Crippen LogP contribution is 2.54. The predicted molar refractivity (Wildman–Crippen MR) is 123 cm³/mol. The Morgan fingerprint density at radius 3 is 2.23 bits per heavy atom. The van der Waals surface area contributed by atoms with Crippen molar-refractivity contribution in [3.63, 3.8) is 0 Å². The Labute approximate surface area is 178 Å². The molecule has 0 saturated heterocycles. The molecule has 0 aromatic heterocycles. The molecule has 2 bridgehead atoms. The maximum absolute atomic E-state index is 12.0. The van der Waals surface area contributed by atoms with Gasteiger partial charge in [0.2, 0.25) is 0 Å². The number of hydrogen-bond acceptors (Lipinski definition) is 5. The minimum Gasteiger partial charge on any atom is -0.399 e. The first-order valence-electron chi connectivity index (χ1n) is 11.0. The average Bonchev–Trinajstić information content (AvgIpc) is 3.46. The van der Waals surface area contributed by atoms with Crippen LogP contribution in [0.1, 0.15) is 48.0 Å². The van der Waals surface area contributed by atoms with Crippen molar-refractivity contribution in [3.8, 4) is 0 Å². The molecule has 2 saturated carbocycles. The number of nitrogen functional groups attached to an aromatic ring is 2. The smallest absolute Gasteiger partial charge is 0.193 e. The Morgan fingerprint density at radius 2 is 1.63 bits per heavy atom. The fourth-order valence-corrected chi connectivity index (χ4v) is 5.40. The minimum atomic E-state index is -0.0698. The molecule has 3 aliphatic rings. The van der Waals surface area contributed by atoms with Crippen LogP contribution in [0.3, 0.4) is 0 Å². The fourth-order valence-electron chi connectivity index (χ4n) is 5.40. The van der Waals surface area contributed by atoms with E-state index in [2.05, 4.69) is 5.32 Å². The first-order chi connectivity index (χ1) is 14.6. The van der Waals surface area contributed by atoms with E-state index in [0.29, 0.717) is 28.5 Å². The van der Waals surface area contributed by atoms with Crippen LogP contribution in [-0.2, 0) is 0 Å². The first-order valence-corrected chi connectivity index (χ1v) is 11.0. The largest absolute Gasteiger partial charge is 0.399 e. The van der Waals surface area contributed by atoms with Crippen molar-refractivity contribution < 1.29 is 4.79 Å². The maximum atomic E-state index is 12.0. The van der Waals surface area contributed by atoms with E-state index in [0.717, 1.165) is 24.9 Å². The van der Waals surface area contributed by atoms with Gasteiger partial charge in [0.15, 0.2) is 5.78 Å². The number of nitrogens with two attached hydrogens (primary N) is 3. The van der Waals surface area contributed by atoms with Crippen LogP contribution in [0, 0.1) is 11.8 Å². The Balaban J connectivity index is 0.000000146. The van der Waals surface area contributed by atoms with Gasteiger partial charge in [-0.1, -0.05) is 35.4 Å². The molecule has 3 aliphatic carbocycles. The number of carbonyl (C=O) groups excluding carboxylic acids is 1. The van der Waals surface area contributed by atoms with Gasteiger partial charge in [-0.3, -0.25) is 4.79 Å². The van der Waals surface area contributed by atoms with Crippen LogP contribution < -0.4 is 22.5 Å². The van der Waals surface area contributed by atoms with E-state index >= 15 is 0 Å². The number of nitrogens with one attached hydrogen (secondary N) is 1. The summed E-state index contributed by atoms with van der Waals surface area (Å²) in [6, 6.07) is 14.5. The molecule has 3 unspecified atom stereocenters. The van der Waals surface area contributed by atoms with Gasteiger partial charge in [-0.05, 0) is 68.2 Å². The van der Waals surface area contributed by atoms with Gasteiger partial charge in [0.1, 0.15) is 0 Å². The summed E-state index contributed by atoms with van der Waals surface area (Å²) in [7, 11) is 0. The molecule has 2 aromatic rings. The number of benzene rings is 2. The normalized spacial score (nSPS) is 23.8. The van der Waals surface area contributed by atoms with E-state index in [1.165, 1.54) is 32.1 Å². The Kier molecular flexibility index (Phi) is 6.21. The second kappa shape index (κ2) is 9.02. The van der Waals surface area contributed by atoms with Crippen LogP contribution in [0.5, 0.6) is 0 Å². The molecule has 2 aromatic carbocycles. The van der Waals surface area contributed by atoms with Crippen LogP contribution >= 0.6 is 0 Å². The van der Waals surface area contributed by atoms with Gasteiger partial charge in [0, 0.05) is 41.6 Å². The molecule has 0 radical (unpaired) electrons. The van der Waals surface area contributed by atoms with Crippen LogP contribution in [0.4, 0.5) is 11.4 Å². The molecule has 30 heavy (non-hydrogen) atoms. The topological polar surface area (TPSA) is 107 Å². The molecule has 0 spiro atoms. The molecule has 5 nitrogen and oxygen atoms in total. The van der Waals surface area contributed by atoms with Gasteiger partial charge < -0.3 is 22.5 Å². The molecule has 0 heterocycles. The van der Waals surface area contributed by atoms with Crippen LogP contribution in [-0.4, -0.2) is 24.9 Å². The Morgan fingerprint density at radius 1 is 0.967 bits per heavy atom. The minimum absolute atomic E-state index is 0.0698. The van der Waals surface area contributed by atoms with Gasteiger partial charge in [0.25, 0.3) is 0 Å². The monoisotopic (exact) mass is 404 g/mol. The molecule has 7 N–H and O–H groups in total. The standard InChI is InChI=1S/C13H12N2O.C12H20N2/c14-11-5-1-3-9(7-11)13(16)10-4-2-6-12(15)8-10;13-5-6-14-11-4-3-10-8-1-2-9(7-8)12(10)11/h1-8H,14-15H2;8,10-11,14H,1-7,13H2. The summed E-state index contributed by atoms with van der Waals surface area (Å²) in [6.45, 7) is 1.76. The van der Waals surface area contributed by atoms with Crippen LogP contribution in [0.15, 0.2) is 59.7 Å². The van der Waals surface area contributed by atoms with E-state index in [9.17, 15) is 4.79 Å². The highest BCUT2D eigenvalue weighted by atomic mass is 16.1. The van der Waals surface area contributed by atoms with Gasteiger partial charge in [-0.2, -0.15) is 0 Å². The molecule has 2 fully saturated rings. The number of hydrogen-bond donors (Lipinski definition) is 4. The zero-order chi connectivity index (χ0) is 21.1. The van der Waals surface area contributed by atoms with Crippen molar-refractivity contribution in [1.29, 1.82) is 0 Å². The van der Waals surface area contributed by atoms with E-state index < -0.39 is 0 Å². The van der Waals surface area contributed by atoms with Gasteiger partial charge >= 0.3 is 0 Å². The van der Waals surface area contributed by atoms with Crippen molar-refractivity contribution in [2.45, 2.75) is 38.1 Å². The van der Waals surface area contributed by atoms with Gasteiger partial charge in [-0.15, -0.1) is 0 Å². The van der Waals surface area contributed by atoms with E-state index in [1.54, 1.807) is 48.5 Å². The van der Waals surface area contributed by atoms with Crippen molar-refractivity contribution >= 4 is 17.2 Å². The zero-order valence-corrected chi connectivity index (χ0v) is 17.4. The summed E-state index contributed by atoms with van der Waals surface area (Å²) in [5, 5.41) is 3.60. The second-order valence-corrected chi connectivity index (χ2v) is 8.62. The number of rotatable bonds is 5. The molecule has 5 rings (SSSR count). The number of fused-ring (bicyclic) bond motifs is 4. The third-order valence-electron chi connectivity index (χ3n) is 6.68. The first kappa shape index (κ1) is 20.6. The third kappa shape index (κ3) is 4.27. The lowest BCUT2D eigenvalue weighted by molar-refractivity contribution is 0.103. The van der Waals surface area contributed by atoms with Crippen molar-refractivity contribution in [2.75, 3.05) is 24.6 Å². The van der Waals surface area contributed by atoms with Crippen molar-refractivity contribution in [2.24, 2.45) is 17.6 Å². The van der Waals surface area contributed by atoms with E-state index in [-0.39, 0.29) is 5.78 Å². The number of ketones is 1. The molecule has 3 atom stereocenters. The molecule has 0 amide bonds. The summed E-state index contributed by atoms with van der Waals surface area (Å²) in [5.74, 6) is 1.93. The fraction of sp³-hybridized carbons (Fsp3) is 0.400. The number of allylic oxidation sites excluding steroid dienone is 1. The molecule has 0 aliphatic heterocycles. The molecule has 5 heteroatoms. The summed E-state index contributed by atoms with van der Waals surface area (Å²) in [6.07, 6.45) is 7.11. The maximum Gasteiger partial charge on any atom is 0.193 e. The lowest BCUT2D eigenvalue weighted by atomic mass is 9.88. The van der Waals surface area contributed by atoms with E-state index in [1.807, 2.05) is 11.1 Å². The Hall–Kier alpha value is -2.63.